The van der Waals surface area contributed by atoms with Gasteiger partial charge in [0.1, 0.15) is 23.3 Å². The van der Waals surface area contributed by atoms with Crippen LogP contribution in [0.5, 0.6) is 0 Å². The van der Waals surface area contributed by atoms with Crippen molar-refractivity contribution < 1.29 is 42.7 Å². The third-order valence-electron chi connectivity index (χ3n) is 4.55. The molecule has 1 fully saturated rings. The summed E-state index contributed by atoms with van der Waals surface area (Å²) in [5.41, 5.74) is 8.17. The lowest BCUT2D eigenvalue weighted by Crippen LogP contribution is -2.70. The minimum Gasteiger partial charge on any atom is -0.604 e. The molecule has 164 valence electrons. The zero-order chi connectivity index (χ0) is 23.0. The maximum Gasteiger partial charge on any atom is 0.490 e. The largest absolute Gasteiger partial charge is 0.604 e. The van der Waals surface area contributed by atoms with Gasteiger partial charge in [-0.15, -0.1) is 4.79 Å². The van der Waals surface area contributed by atoms with Crippen LogP contribution in [0.25, 0.3) is 5.53 Å². The SMILES string of the molecule is CC(=O)OC(C)[C@H]1C(=O)N2C(C(=O)OCOC(=O)C(C)(C)C)=C(C)C(=[N+]=[N-])[S@@+]([O-])[C@@H]12. The van der Waals surface area contributed by atoms with E-state index in [2.05, 4.69) is 4.79 Å². The zero-order valence-corrected chi connectivity index (χ0v) is 18.3. The number of β-lactam (4-membered cyclic amide) rings is 1. The van der Waals surface area contributed by atoms with E-state index in [4.69, 9.17) is 14.2 Å². The number of esters is 3. The van der Waals surface area contributed by atoms with Crippen LogP contribution >= 0.6 is 0 Å². The molecule has 2 heterocycles. The van der Waals surface area contributed by atoms with Crippen LogP contribution in [0.2, 0.25) is 0 Å². The highest BCUT2D eigenvalue weighted by Crippen LogP contribution is 2.43. The zero-order valence-electron chi connectivity index (χ0n) is 17.5. The molecule has 12 heteroatoms. The Morgan fingerprint density at radius 3 is 2.40 bits per heavy atom. The number of hydrogen-bond acceptors (Lipinski definition) is 8. The van der Waals surface area contributed by atoms with Crippen molar-refractivity contribution in [2.24, 2.45) is 11.3 Å². The number of carbonyl (C=O) groups is 4. The summed E-state index contributed by atoms with van der Waals surface area (Å²) in [6.07, 6.45) is -0.913. The molecule has 0 radical (unpaired) electrons. The molecular weight excluding hydrogens is 418 g/mol. The molecule has 0 saturated carbocycles. The molecule has 0 spiro atoms. The van der Waals surface area contributed by atoms with Gasteiger partial charge in [-0.05, 0) is 34.6 Å². The van der Waals surface area contributed by atoms with Gasteiger partial charge in [0.2, 0.25) is 18.1 Å². The third-order valence-corrected chi connectivity index (χ3v) is 6.26. The molecule has 1 amide bonds. The Morgan fingerprint density at radius 2 is 1.90 bits per heavy atom. The summed E-state index contributed by atoms with van der Waals surface area (Å²) < 4.78 is 27.6. The normalized spacial score (nSPS) is 24.4. The van der Waals surface area contributed by atoms with Crippen LogP contribution in [0.4, 0.5) is 0 Å². The topological polar surface area (TPSA) is 159 Å². The Labute approximate surface area is 176 Å². The maximum atomic E-state index is 12.8. The van der Waals surface area contributed by atoms with Gasteiger partial charge in [0.15, 0.2) is 0 Å². The minimum atomic E-state index is -1.98. The van der Waals surface area contributed by atoms with Gasteiger partial charge in [0.25, 0.3) is 0 Å². The summed E-state index contributed by atoms with van der Waals surface area (Å²) in [7, 11) is 0. The first-order valence-electron chi connectivity index (χ1n) is 9.01. The first-order valence-corrected chi connectivity index (χ1v) is 10.2. The second-order valence-electron chi connectivity index (χ2n) is 7.85. The van der Waals surface area contributed by atoms with Gasteiger partial charge in [0.05, 0.1) is 16.6 Å². The number of fused-ring (bicyclic) bond motifs is 1. The van der Waals surface area contributed by atoms with Crippen LogP contribution in [0.3, 0.4) is 0 Å². The van der Waals surface area contributed by atoms with Gasteiger partial charge < -0.3 is 24.3 Å². The molecule has 11 nitrogen and oxygen atoms in total. The maximum absolute atomic E-state index is 12.8. The monoisotopic (exact) mass is 441 g/mol. The highest BCUT2D eigenvalue weighted by atomic mass is 32.2. The van der Waals surface area contributed by atoms with Gasteiger partial charge in [-0.1, -0.05) is 0 Å². The van der Waals surface area contributed by atoms with Crippen LogP contribution in [0.15, 0.2) is 11.3 Å². The van der Waals surface area contributed by atoms with E-state index in [1.54, 1.807) is 20.8 Å². The lowest BCUT2D eigenvalue weighted by Gasteiger charge is -2.48. The number of hydrogen-bond donors (Lipinski definition) is 0. The Bertz CT molecular complexity index is 871. The summed E-state index contributed by atoms with van der Waals surface area (Å²) in [5, 5.41) is -1.39. The minimum absolute atomic E-state index is 0.0221. The van der Waals surface area contributed by atoms with Crippen LogP contribution in [0.1, 0.15) is 41.5 Å². The van der Waals surface area contributed by atoms with E-state index in [9.17, 15) is 29.3 Å². The number of rotatable bonds is 5. The van der Waals surface area contributed by atoms with Gasteiger partial charge in [-0.3, -0.25) is 19.3 Å². The number of carbonyl (C=O) groups excluding carboxylic acids is 4. The standard InChI is InChI=1S/C18H23N3O8S/c1-8-12(16(24)27-7-28-17(25)18(4,5)6)21-14(23)11(9(2)29-10(3)22)15(21)30(26)13(8)20-19/h9,11,15H,7H2,1-6H3/t9?,11-,15-,30+/m0/s1. The van der Waals surface area contributed by atoms with Crippen molar-refractivity contribution >= 4 is 40.0 Å². The Morgan fingerprint density at radius 1 is 1.30 bits per heavy atom. The van der Waals surface area contributed by atoms with Crippen molar-refractivity contribution in [2.75, 3.05) is 6.79 Å². The third kappa shape index (κ3) is 4.25. The van der Waals surface area contributed by atoms with Crippen molar-refractivity contribution in [2.45, 2.75) is 53.0 Å². The average molecular weight is 441 g/mol. The highest BCUT2D eigenvalue weighted by Gasteiger charge is 2.66. The summed E-state index contributed by atoms with van der Waals surface area (Å²) in [6.45, 7) is 8.15. The molecule has 2 rings (SSSR count). The summed E-state index contributed by atoms with van der Waals surface area (Å²) >= 11 is -1.98. The molecule has 2 aliphatic heterocycles. The van der Waals surface area contributed by atoms with Gasteiger partial charge in [0, 0.05) is 6.92 Å². The lowest BCUT2D eigenvalue weighted by molar-refractivity contribution is -0.176. The number of ether oxygens (including phenoxy) is 3. The second-order valence-corrected chi connectivity index (χ2v) is 9.31. The van der Waals surface area contributed by atoms with Crippen LogP contribution in [-0.4, -0.2) is 61.4 Å². The van der Waals surface area contributed by atoms with Gasteiger partial charge in [-0.25, -0.2) is 4.79 Å². The molecule has 1 unspecified atom stereocenters. The second kappa shape index (κ2) is 8.58. The van der Waals surface area contributed by atoms with E-state index < -0.39 is 64.6 Å². The van der Waals surface area contributed by atoms with Crippen LogP contribution < -0.4 is 0 Å². The van der Waals surface area contributed by atoms with Gasteiger partial charge >= 0.3 is 23.0 Å². The Balaban J connectivity index is 2.26. The Hall–Kier alpha value is -2.69. The number of amides is 1. The van der Waals surface area contributed by atoms with E-state index >= 15 is 0 Å². The first-order chi connectivity index (χ1) is 13.8. The predicted octanol–water partition coefficient (Wildman–Crippen LogP) is 0.477. The van der Waals surface area contributed by atoms with Crippen molar-refractivity contribution in [1.82, 2.24) is 4.90 Å². The Kier molecular flexibility index (Phi) is 6.75. The molecule has 2 aliphatic rings. The van der Waals surface area contributed by atoms with Crippen molar-refractivity contribution in [3.05, 3.63) is 16.8 Å². The van der Waals surface area contributed by atoms with Crippen molar-refractivity contribution in [1.29, 1.82) is 0 Å². The molecule has 0 aromatic rings. The molecule has 0 aromatic carbocycles. The smallest absolute Gasteiger partial charge is 0.490 e. The highest BCUT2D eigenvalue weighted by molar-refractivity contribution is 8.07. The van der Waals surface area contributed by atoms with Crippen molar-refractivity contribution in [3.8, 4) is 0 Å². The molecule has 0 aliphatic carbocycles. The van der Waals surface area contributed by atoms with Crippen LogP contribution in [-0.2, 0) is 44.6 Å². The van der Waals surface area contributed by atoms with E-state index in [-0.39, 0.29) is 16.3 Å². The van der Waals surface area contributed by atoms with E-state index in [0.29, 0.717) is 0 Å². The van der Waals surface area contributed by atoms with Crippen LogP contribution in [0, 0.1) is 11.3 Å². The average Bonchev–Trinajstić information content (AvgIpc) is 2.61. The predicted molar refractivity (Wildman–Crippen MR) is 101 cm³/mol. The molecule has 0 bridgehead atoms. The summed E-state index contributed by atoms with van der Waals surface area (Å²) in [6, 6.07) is 0. The first kappa shape index (κ1) is 23.6. The van der Waals surface area contributed by atoms with Crippen molar-refractivity contribution in [3.63, 3.8) is 0 Å². The van der Waals surface area contributed by atoms with Gasteiger partial charge in [-0.2, -0.15) is 0 Å². The molecule has 0 aromatic heterocycles. The molecule has 30 heavy (non-hydrogen) atoms. The van der Waals surface area contributed by atoms with E-state index in [0.717, 1.165) is 4.90 Å². The molecule has 4 atom stereocenters. The summed E-state index contributed by atoms with van der Waals surface area (Å²) in [4.78, 5) is 52.3. The molecular formula is C18H23N3O8S. The number of nitrogens with zero attached hydrogens (tertiary/aromatic N) is 3. The lowest BCUT2D eigenvalue weighted by atomic mass is 9.90. The van der Waals surface area contributed by atoms with E-state index in [1.165, 1.54) is 20.8 Å². The fourth-order valence-corrected chi connectivity index (χ4v) is 4.77. The fraction of sp³-hybridized carbons (Fsp3) is 0.611. The van der Waals surface area contributed by atoms with E-state index in [1.807, 2.05) is 0 Å². The quantitative estimate of drug-likeness (QED) is 0.149. The molecule has 1 saturated heterocycles. The molecule has 0 N–H and O–H groups in total. The summed E-state index contributed by atoms with van der Waals surface area (Å²) in [5.74, 6) is -3.85. The fourth-order valence-electron chi connectivity index (χ4n) is 3.06.